The van der Waals surface area contributed by atoms with Crippen molar-refractivity contribution in [3.63, 3.8) is 0 Å². The lowest BCUT2D eigenvalue weighted by molar-refractivity contribution is 0.171. The van der Waals surface area contributed by atoms with Crippen molar-refractivity contribution in [3.8, 4) is 22.9 Å². The number of hydrogen-bond donors (Lipinski definition) is 2. The Balaban J connectivity index is 1.45. The Bertz CT molecular complexity index is 954. The molecule has 2 heterocycles. The third kappa shape index (κ3) is 3.44. The highest BCUT2D eigenvalue weighted by molar-refractivity contribution is 6.00. The van der Waals surface area contributed by atoms with E-state index in [1.165, 1.54) is 0 Å². The molecular formula is C18H16N4O4. The normalized spacial score (nSPS) is 12.5. The molecule has 1 aliphatic rings. The lowest BCUT2D eigenvalue weighted by Crippen LogP contribution is -2.20. The molecule has 0 radical (unpaired) electrons. The van der Waals surface area contributed by atoms with Crippen LogP contribution in [0.2, 0.25) is 0 Å². The van der Waals surface area contributed by atoms with Crippen LogP contribution in [0.15, 0.2) is 47.0 Å². The molecule has 8 nitrogen and oxygen atoms in total. The van der Waals surface area contributed by atoms with Crippen LogP contribution in [0.5, 0.6) is 11.5 Å². The third-order valence-corrected chi connectivity index (χ3v) is 3.71. The molecule has 0 bridgehead atoms. The summed E-state index contributed by atoms with van der Waals surface area (Å²) in [5.41, 5.74) is 1.97. The summed E-state index contributed by atoms with van der Waals surface area (Å²) in [4.78, 5) is 16.4. The highest BCUT2D eigenvalue weighted by Crippen LogP contribution is 2.32. The molecule has 4 rings (SSSR count). The number of carbonyl (C=O) groups is 1. The molecule has 2 aromatic carbocycles. The molecule has 0 fully saturated rings. The van der Waals surface area contributed by atoms with Gasteiger partial charge in [0.05, 0.1) is 0 Å². The number of anilines is 2. The molecule has 0 unspecified atom stereocenters. The molecule has 0 spiro atoms. The Kier molecular flexibility index (Phi) is 4.14. The zero-order chi connectivity index (χ0) is 17.9. The number of rotatable bonds is 3. The minimum Gasteiger partial charge on any atom is -0.486 e. The summed E-state index contributed by atoms with van der Waals surface area (Å²) in [5.74, 6) is 2.24. The fraction of sp³-hybridized carbons (Fsp3) is 0.167. The Labute approximate surface area is 149 Å². The smallest absolute Gasteiger partial charge is 0.323 e. The maximum Gasteiger partial charge on any atom is 0.323 e. The molecule has 1 aliphatic heterocycles. The van der Waals surface area contributed by atoms with Crippen molar-refractivity contribution in [1.82, 2.24) is 10.1 Å². The summed E-state index contributed by atoms with van der Waals surface area (Å²) in [7, 11) is 0. The van der Waals surface area contributed by atoms with E-state index in [2.05, 4.69) is 20.8 Å². The highest BCUT2D eigenvalue weighted by atomic mass is 16.6. The Hall–Kier alpha value is -3.55. The van der Waals surface area contributed by atoms with Gasteiger partial charge in [0.15, 0.2) is 11.5 Å². The number of aryl methyl sites for hydroxylation is 1. The zero-order valence-corrected chi connectivity index (χ0v) is 14.0. The minimum atomic E-state index is -0.372. The molecule has 2 amide bonds. The predicted octanol–water partition coefficient (Wildman–Crippen LogP) is 3.46. The molecule has 0 aliphatic carbocycles. The first-order chi connectivity index (χ1) is 12.7. The van der Waals surface area contributed by atoms with Gasteiger partial charge in [-0.15, -0.1) is 0 Å². The number of hydrogen-bond acceptors (Lipinski definition) is 6. The first kappa shape index (κ1) is 15.9. The largest absolute Gasteiger partial charge is 0.486 e. The maximum absolute atomic E-state index is 12.3. The number of nitrogens with zero attached hydrogens (tertiary/aromatic N) is 2. The number of carbonyl (C=O) groups excluding carboxylic acids is 1. The van der Waals surface area contributed by atoms with Gasteiger partial charge in [0.2, 0.25) is 11.7 Å². The van der Waals surface area contributed by atoms with Crippen LogP contribution in [-0.2, 0) is 0 Å². The van der Waals surface area contributed by atoms with Crippen molar-refractivity contribution in [2.24, 2.45) is 0 Å². The van der Waals surface area contributed by atoms with Crippen LogP contribution in [-0.4, -0.2) is 29.4 Å². The second-order valence-electron chi connectivity index (χ2n) is 5.66. The molecule has 132 valence electrons. The number of ether oxygens (including phenoxy) is 2. The van der Waals surface area contributed by atoms with Gasteiger partial charge in [-0.3, -0.25) is 0 Å². The van der Waals surface area contributed by atoms with Gasteiger partial charge in [0.25, 0.3) is 0 Å². The maximum atomic E-state index is 12.3. The van der Waals surface area contributed by atoms with Crippen LogP contribution in [0.4, 0.5) is 16.2 Å². The van der Waals surface area contributed by atoms with Crippen molar-refractivity contribution in [2.45, 2.75) is 6.92 Å². The lowest BCUT2D eigenvalue weighted by atomic mass is 10.2. The highest BCUT2D eigenvalue weighted by Gasteiger charge is 2.13. The van der Waals surface area contributed by atoms with Gasteiger partial charge in [0, 0.05) is 29.9 Å². The van der Waals surface area contributed by atoms with E-state index < -0.39 is 0 Å². The standard InChI is InChI=1S/C18H16N4O4/c1-11-19-17(22-26-11)12-3-2-4-13(9-12)20-18(23)21-14-5-6-15-16(10-14)25-8-7-24-15/h2-6,9-10H,7-8H2,1H3,(H2,20,21,23). The van der Waals surface area contributed by atoms with Gasteiger partial charge in [-0.2, -0.15) is 4.98 Å². The molecule has 2 N–H and O–H groups in total. The number of fused-ring (bicyclic) bond motifs is 1. The molecule has 0 saturated heterocycles. The second kappa shape index (κ2) is 6.75. The summed E-state index contributed by atoms with van der Waals surface area (Å²) < 4.78 is 16.0. The van der Waals surface area contributed by atoms with Gasteiger partial charge in [0.1, 0.15) is 13.2 Å². The van der Waals surface area contributed by atoms with Gasteiger partial charge >= 0.3 is 6.03 Å². The van der Waals surface area contributed by atoms with E-state index in [-0.39, 0.29) is 6.03 Å². The summed E-state index contributed by atoms with van der Waals surface area (Å²) in [6.45, 7) is 2.74. The van der Waals surface area contributed by atoms with Crippen LogP contribution in [0.1, 0.15) is 5.89 Å². The summed E-state index contributed by atoms with van der Waals surface area (Å²) in [6.07, 6.45) is 0. The Morgan fingerprint density at radius 1 is 1.00 bits per heavy atom. The fourth-order valence-electron chi connectivity index (χ4n) is 2.57. The van der Waals surface area contributed by atoms with Crippen molar-refractivity contribution < 1.29 is 18.8 Å². The van der Waals surface area contributed by atoms with Crippen molar-refractivity contribution in [2.75, 3.05) is 23.8 Å². The number of nitrogens with one attached hydrogen (secondary N) is 2. The van der Waals surface area contributed by atoms with Gasteiger partial charge in [-0.1, -0.05) is 17.3 Å². The van der Waals surface area contributed by atoms with Crippen LogP contribution in [0, 0.1) is 6.92 Å². The van der Waals surface area contributed by atoms with Gasteiger partial charge < -0.3 is 24.6 Å². The molecular weight excluding hydrogens is 336 g/mol. The van der Waals surface area contributed by atoms with Crippen LogP contribution in [0.25, 0.3) is 11.4 Å². The monoisotopic (exact) mass is 352 g/mol. The molecule has 8 heteroatoms. The average Bonchev–Trinajstić information content (AvgIpc) is 3.08. The lowest BCUT2D eigenvalue weighted by Gasteiger charge is -2.19. The van der Waals surface area contributed by atoms with E-state index in [0.29, 0.717) is 47.8 Å². The molecule has 0 atom stereocenters. The molecule has 26 heavy (non-hydrogen) atoms. The summed E-state index contributed by atoms with van der Waals surface area (Å²) in [5, 5.41) is 9.42. The van der Waals surface area contributed by atoms with Gasteiger partial charge in [-0.25, -0.2) is 4.79 Å². The Morgan fingerprint density at radius 2 is 1.77 bits per heavy atom. The zero-order valence-electron chi connectivity index (χ0n) is 14.0. The van der Waals surface area contributed by atoms with Crippen LogP contribution < -0.4 is 20.1 Å². The summed E-state index contributed by atoms with van der Waals surface area (Å²) in [6, 6.07) is 12.1. The molecule has 1 aromatic heterocycles. The third-order valence-electron chi connectivity index (χ3n) is 3.71. The minimum absolute atomic E-state index is 0.372. The fourth-order valence-corrected chi connectivity index (χ4v) is 2.57. The topological polar surface area (TPSA) is 98.5 Å². The number of urea groups is 1. The number of benzene rings is 2. The predicted molar refractivity (Wildman–Crippen MR) is 94.5 cm³/mol. The number of aromatic nitrogens is 2. The van der Waals surface area contributed by atoms with E-state index >= 15 is 0 Å². The Morgan fingerprint density at radius 3 is 2.54 bits per heavy atom. The molecule has 3 aromatic rings. The summed E-state index contributed by atoms with van der Waals surface area (Å²) >= 11 is 0. The van der Waals surface area contributed by atoms with Gasteiger partial charge in [-0.05, 0) is 24.3 Å². The quantitative estimate of drug-likeness (QED) is 0.749. The average molecular weight is 352 g/mol. The van der Waals surface area contributed by atoms with Crippen LogP contribution >= 0.6 is 0 Å². The van der Waals surface area contributed by atoms with Crippen molar-refractivity contribution in [1.29, 1.82) is 0 Å². The van der Waals surface area contributed by atoms with E-state index in [1.807, 2.05) is 6.07 Å². The van der Waals surface area contributed by atoms with Crippen molar-refractivity contribution in [3.05, 3.63) is 48.4 Å². The van der Waals surface area contributed by atoms with Crippen LogP contribution in [0.3, 0.4) is 0 Å². The first-order valence-electron chi connectivity index (χ1n) is 8.06. The molecule has 0 saturated carbocycles. The van der Waals surface area contributed by atoms with Crippen molar-refractivity contribution >= 4 is 17.4 Å². The van der Waals surface area contributed by atoms with E-state index in [1.54, 1.807) is 43.3 Å². The first-order valence-corrected chi connectivity index (χ1v) is 8.06. The van der Waals surface area contributed by atoms with E-state index in [0.717, 1.165) is 5.56 Å². The second-order valence-corrected chi connectivity index (χ2v) is 5.66. The SMILES string of the molecule is Cc1nc(-c2cccc(NC(=O)Nc3ccc4c(c3)OCCO4)c2)no1. The van der Waals surface area contributed by atoms with E-state index in [9.17, 15) is 4.79 Å². The van der Waals surface area contributed by atoms with E-state index in [4.69, 9.17) is 14.0 Å². The number of amides is 2.